The van der Waals surface area contributed by atoms with E-state index in [4.69, 9.17) is 4.98 Å². The summed E-state index contributed by atoms with van der Waals surface area (Å²) in [4.78, 5) is 17.5. The van der Waals surface area contributed by atoms with E-state index in [0.717, 1.165) is 28.6 Å². The van der Waals surface area contributed by atoms with Gasteiger partial charge in [-0.25, -0.2) is 4.98 Å². The van der Waals surface area contributed by atoms with Gasteiger partial charge in [-0.05, 0) is 36.6 Å². The molecule has 0 spiro atoms. The molecule has 0 fully saturated rings. The van der Waals surface area contributed by atoms with Gasteiger partial charge in [-0.2, -0.15) is 0 Å². The maximum atomic E-state index is 12.7. The number of aryl methyl sites for hydroxylation is 2. The van der Waals surface area contributed by atoms with Crippen molar-refractivity contribution in [1.29, 1.82) is 0 Å². The van der Waals surface area contributed by atoms with Crippen molar-refractivity contribution in [2.45, 2.75) is 26.2 Å². The quantitative estimate of drug-likeness (QED) is 0.736. The summed E-state index contributed by atoms with van der Waals surface area (Å²) < 4.78 is 1.71. The van der Waals surface area contributed by atoms with Gasteiger partial charge >= 0.3 is 0 Å². The lowest BCUT2D eigenvalue weighted by Crippen LogP contribution is -2.26. The fraction of sp³-hybridized carbons (Fsp3) is 0.263. The van der Waals surface area contributed by atoms with Crippen LogP contribution >= 0.6 is 0 Å². The first-order valence-electron chi connectivity index (χ1n) is 7.64. The van der Waals surface area contributed by atoms with E-state index >= 15 is 0 Å². The molecule has 0 bridgehead atoms. The third-order valence-corrected chi connectivity index (χ3v) is 4.20. The summed E-state index contributed by atoms with van der Waals surface area (Å²) >= 11 is 0. The van der Waals surface area contributed by atoms with Gasteiger partial charge in [-0.1, -0.05) is 43.3 Å². The van der Waals surface area contributed by atoms with E-state index in [1.807, 2.05) is 50.4 Å². The Labute approximate surface area is 130 Å². The van der Waals surface area contributed by atoms with Gasteiger partial charge in [-0.15, -0.1) is 0 Å². The molecule has 0 saturated carbocycles. The summed E-state index contributed by atoms with van der Waals surface area (Å²) in [6.07, 6.45) is 0.851. The molecule has 3 heteroatoms. The smallest absolute Gasteiger partial charge is 0.273 e. The Hall–Kier alpha value is -2.42. The van der Waals surface area contributed by atoms with Gasteiger partial charge < -0.3 is 4.57 Å². The largest absolute Gasteiger partial charge is 0.308 e. The molecule has 112 valence electrons. The van der Waals surface area contributed by atoms with Gasteiger partial charge in [0, 0.05) is 13.0 Å². The van der Waals surface area contributed by atoms with Crippen LogP contribution in [-0.4, -0.2) is 9.55 Å². The van der Waals surface area contributed by atoms with Crippen molar-refractivity contribution in [2.75, 3.05) is 0 Å². The molecular formula is C19H20N2O. The Bertz CT molecular complexity index is 866. The Kier molecular flexibility index (Phi) is 3.80. The van der Waals surface area contributed by atoms with Crippen molar-refractivity contribution in [2.24, 2.45) is 7.05 Å². The van der Waals surface area contributed by atoms with Gasteiger partial charge in [-0.3, -0.25) is 4.79 Å². The standard InChI is InChI=1S/C19H20N2O/c1-4-15(14-8-6-5-7-9-14)18-19(22)21(3)17-11-10-13(2)12-16(17)20-18/h5-12,15H,4H2,1-3H3. The first kappa shape index (κ1) is 14.5. The average Bonchev–Trinajstić information content (AvgIpc) is 2.53. The third kappa shape index (κ3) is 2.43. The minimum atomic E-state index is -0.00736. The zero-order chi connectivity index (χ0) is 15.7. The molecule has 3 aromatic rings. The van der Waals surface area contributed by atoms with E-state index in [1.54, 1.807) is 4.57 Å². The van der Waals surface area contributed by atoms with E-state index in [0.29, 0.717) is 5.69 Å². The highest BCUT2D eigenvalue weighted by molar-refractivity contribution is 5.75. The summed E-state index contributed by atoms with van der Waals surface area (Å²) in [5, 5.41) is 0. The maximum absolute atomic E-state index is 12.7. The Balaban J connectivity index is 2.25. The van der Waals surface area contributed by atoms with E-state index in [2.05, 4.69) is 19.1 Å². The van der Waals surface area contributed by atoms with Gasteiger partial charge in [0.25, 0.3) is 5.56 Å². The molecule has 0 aliphatic heterocycles. The monoisotopic (exact) mass is 292 g/mol. The summed E-state index contributed by atoms with van der Waals surface area (Å²) in [6.45, 7) is 4.14. The molecule has 0 saturated heterocycles. The number of fused-ring (bicyclic) bond motifs is 1. The number of hydrogen-bond donors (Lipinski definition) is 0. The van der Waals surface area contributed by atoms with E-state index in [-0.39, 0.29) is 11.5 Å². The molecule has 1 aromatic heterocycles. The molecule has 3 rings (SSSR count). The molecule has 1 heterocycles. The number of nitrogens with zero attached hydrogens (tertiary/aromatic N) is 2. The number of aromatic nitrogens is 2. The second kappa shape index (κ2) is 5.76. The van der Waals surface area contributed by atoms with Crippen LogP contribution < -0.4 is 5.56 Å². The highest BCUT2D eigenvalue weighted by Gasteiger charge is 2.19. The minimum Gasteiger partial charge on any atom is -0.308 e. The van der Waals surface area contributed by atoms with Crippen molar-refractivity contribution in [3.05, 3.63) is 75.7 Å². The van der Waals surface area contributed by atoms with Crippen LogP contribution in [0.1, 0.15) is 36.1 Å². The Morgan fingerprint density at radius 3 is 2.55 bits per heavy atom. The molecule has 0 amide bonds. The Morgan fingerprint density at radius 1 is 1.14 bits per heavy atom. The lowest BCUT2D eigenvalue weighted by atomic mass is 9.93. The second-order valence-electron chi connectivity index (χ2n) is 5.72. The maximum Gasteiger partial charge on any atom is 0.273 e. The second-order valence-corrected chi connectivity index (χ2v) is 5.72. The number of benzene rings is 2. The molecule has 0 aliphatic carbocycles. The van der Waals surface area contributed by atoms with Crippen molar-refractivity contribution in [3.63, 3.8) is 0 Å². The highest BCUT2D eigenvalue weighted by atomic mass is 16.1. The van der Waals surface area contributed by atoms with Crippen LogP contribution in [0.2, 0.25) is 0 Å². The number of hydrogen-bond acceptors (Lipinski definition) is 2. The van der Waals surface area contributed by atoms with E-state index in [1.165, 1.54) is 0 Å². The average molecular weight is 292 g/mol. The van der Waals surface area contributed by atoms with Gasteiger partial charge in [0.1, 0.15) is 5.69 Å². The van der Waals surface area contributed by atoms with Crippen molar-refractivity contribution < 1.29 is 0 Å². The van der Waals surface area contributed by atoms with Crippen LogP contribution in [0.15, 0.2) is 53.3 Å². The van der Waals surface area contributed by atoms with Crippen molar-refractivity contribution in [3.8, 4) is 0 Å². The number of rotatable bonds is 3. The molecule has 1 atom stereocenters. The summed E-state index contributed by atoms with van der Waals surface area (Å²) in [7, 11) is 1.82. The van der Waals surface area contributed by atoms with Crippen LogP contribution in [0.5, 0.6) is 0 Å². The van der Waals surface area contributed by atoms with Crippen LogP contribution in [0, 0.1) is 6.92 Å². The fourth-order valence-corrected chi connectivity index (χ4v) is 2.96. The molecule has 0 N–H and O–H groups in total. The van der Waals surface area contributed by atoms with Gasteiger partial charge in [0.05, 0.1) is 11.0 Å². The lowest BCUT2D eigenvalue weighted by Gasteiger charge is -2.16. The Morgan fingerprint density at radius 2 is 1.86 bits per heavy atom. The first-order valence-corrected chi connectivity index (χ1v) is 7.64. The topological polar surface area (TPSA) is 34.9 Å². The van der Waals surface area contributed by atoms with Crippen LogP contribution in [0.25, 0.3) is 11.0 Å². The minimum absolute atomic E-state index is 0.00736. The highest BCUT2D eigenvalue weighted by Crippen LogP contribution is 2.25. The summed E-state index contributed by atoms with van der Waals surface area (Å²) in [5.41, 5.74) is 4.68. The van der Waals surface area contributed by atoms with E-state index < -0.39 is 0 Å². The predicted octanol–water partition coefficient (Wildman–Crippen LogP) is 3.78. The molecule has 2 aromatic carbocycles. The van der Waals surface area contributed by atoms with Gasteiger partial charge in [0.15, 0.2) is 0 Å². The normalized spacial score (nSPS) is 12.5. The van der Waals surface area contributed by atoms with E-state index in [9.17, 15) is 4.79 Å². The zero-order valence-electron chi connectivity index (χ0n) is 13.2. The molecule has 0 radical (unpaired) electrons. The van der Waals surface area contributed by atoms with Gasteiger partial charge in [0.2, 0.25) is 0 Å². The van der Waals surface area contributed by atoms with Crippen LogP contribution in [-0.2, 0) is 7.05 Å². The molecular weight excluding hydrogens is 272 g/mol. The third-order valence-electron chi connectivity index (χ3n) is 4.20. The molecule has 1 unspecified atom stereocenters. The molecule has 3 nitrogen and oxygen atoms in total. The van der Waals surface area contributed by atoms with Crippen LogP contribution in [0.3, 0.4) is 0 Å². The first-order chi connectivity index (χ1) is 10.6. The predicted molar refractivity (Wildman–Crippen MR) is 90.3 cm³/mol. The summed E-state index contributed by atoms with van der Waals surface area (Å²) in [5.74, 6) is 0.0322. The molecule has 0 aliphatic rings. The molecule has 22 heavy (non-hydrogen) atoms. The van der Waals surface area contributed by atoms with Crippen molar-refractivity contribution >= 4 is 11.0 Å². The zero-order valence-corrected chi connectivity index (χ0v) is 13.2. The fourth-order valence-electron chi connectivity index (χ4n) is 2.96. The summed E-state index contributed by atoms with van der Waals surface area (Å²) in [6, 6.07) is 16.2. The lowest BCUT2D eigenvalue weighted by molar-refractivity contribution is 0.718. The van der Waals surface area contributed by atoms with Crippen LogP contribution in [0.4, 0.5) is 0 Å². The SMILES string of the molecule is CCC(c1ccccc1)c1nc2cc(C)ccc2n(C)c1=O. The van der Waals surface area contributed by atoms with Crippen molar-refractivity contribution in [1.82, 2.24) is 9.55 Å².